The molecule has 0 fully saturated rings. The number of carbonyl (C=O) groups excluding carboxylic acids is 1. The zero-order valence-corrected chi connectivity index (χ0v) is 12.4. The van der Waals surface area contributed by atoms with Crippen LogP contribution in [0.4, 0.5) is 0 Å². The number of likely N-dealkylation sites (N-methyl/N-ethyl adjacent to an activating group) is 2. The fourth-order valence-electron chi connectivity index (χ4n) is 1.21. The Kier molecular flexibility index (Phi) is 7.04. The van der Waals surface area contributed by atoms with Crippen molar-refractivity contribution in [2.45, 2.75) is 13.8 Å². The van der Waals surface area contributed by atoms with E-state index in [1.165, 1.54) is 9.21 Å². The van der Waals surface area contributed by atoms with Crippen LogP contribution in [-0.4, -0.2) is 62.3 Å². The summed E-state index contributed by atoms with van der Waals surface area (Å²) in [5.41, 5.74) is 0. The summed E-state index contributed by atoms with van der Waals surface area (Å²) < 4.78 is 25.2. The SMILES string of the molecule is CCN(CC(=O)N(C)C)S(=O)(=O)CC(C)CCl. The van der Waals surface area contributed by atoms with Crippen LogP contribution >= 0.6 is 11.6 Å². The van der Waals surface area contributed by atoms with Gasteiger partial charge < -0.3 is 4.90 Å². The summed E-state index contributed by atoms with van der Waals surface area (Å²) in [5, 5.41) is 0. The Morgan fingerprint density at radius 2 is 1.88 bits per heavy atom. The number of alkyl halides is 1. The summed E-state index contributed by atoms with van der Waals surface area (Å²) in [4.78, 5) is 12.9. The highest BCUT2D eigenvalue weighted by Crippen LogP contribution is 2.09. The van der Waals surface area contributed by atoms with Gasteiger partial charge in [-0.15, -0.1) is 11.6 Å². The molecule has 0 aromatic heterocycles. The standard InChI is InChI=1S/C10H21ClN2O3S/c1-5-13(7-10(14)12(3)4)17(15,16)8-9(2)6-11/h9H,5-8H2,1-4H3. The molecule has 0 N–H and O–H groups in total. The number of sulfonamides is 1. The van der Waals surface area contributed by atoms with Crippen molar-refractivity contribution in [1.82, 2.24) is 9.21 Å². The van der Waals surface area contributed by atoms with Crippen LogP contribution in [0.2, 0.25) is 0 Å². The van der Waals surface area contributed by atoms with E-state index in [1.807, 2.05) is 0 Å². The molecule has 0 aromatic rings. The third-order valence-electron chi connectivity index (χ3n) is 2.32. The van der Waals surface area contributed by atoms with E-state index in [4.69, 9.17) is 11.6 Å². The molecule has 0 saturated heterocycles. The second-order valence-corrected chi connectivity index (χ2v) is 6.57. The number of amides is 1. The van der Waals surface area contributed by atoms with Crippen molar-refractivity contribution in [3.8, 4) is 0 Å². The third-order valence-corrected chi connectivity index (χ3v) is 5.01. The Balaban J connectivity index is 4.70. The molecule has 0 saturated carbocycles. The molecule has 1 unspecified atom stereocenters. The maximum Gasteiger partial charge on any atom is 0.237 e. The number of halogens is 1. The van der Waals surface area contributed by atoms with Crippen LogP contribution in [0.3, 0.4) is 0 Å². The van der Waals surface area contributed by atoms with E-state index in [1.54, 1.807) is 27.9 Å². The zero-order valence-electron chi connectivity index (χ0n) is 10.8. The molecule has 0 aromatic carbocycles. The molecule has 17 heavy (non-hydrogen) atoms. The Morgan fingerprint density at radius 3 is 2.24 bits per heavy atom. The highest BCUT2D eigenvalue weighted by Gasteiger charge is 2.25. The first kappa shape index (κ1) is 16.7. The van der Waals surface area contributed by atoms with Crippen molar-refractivity contribution >= 4 is 27.5 Å². The summed E-state index contributed by atoms with van der Waals surface area (Å²) in [6.45, 7) is 3.66. The third kappa shape index (κ3) is 5.70. The molecule has 0 aliphatic carbocycles. The van der Waals surface area contributed by atoms with Crippen LogP contribution in [0.5, 0.6) is 0 Å². The molecule has 0 spiro atoms. The highest BCUT2D eigenvalue weighted by atomic mass is 35.5. The molecule has 1 atom stereocenters. The minimum atomic E-state index is -3.41. The summed E-state index contributed by atoms with van der Waals surface area (Å²) >= 11 is 5.60. The van der Waals surface area contributed by atoms with E-state index in [2.05, 4.69) is 0 Å². The summed E-state index contributed by atoms with van der Waals surface area (Å²) in [6, 6.07) is 0. The van der Waals surface area contributed by atoms with Gasteiger partial charge in [-0.05, 0) is 5.92 Å². The molecule has 0 rings (SSSR count). The predicted molar refractivity (Wildman–Crippen MR) is 69.6 cm³/mol. The number of hydrogen-bond donors (Lipinski definition) is 0. The first-order chi connectivity index (χ1) is 7.74. The van der Waals surface area contributed by atoms with Crippen LogP contribution < -0.4 is 0 Å². The number of hydrogen-bond acceptors (Lipinski definition) is 3. The van der Waals surface area contributed by atoms with Gasteiger partial charge >= 0.3 is 0 Å². The Bertz CT molecular complexity index is 343. The predicted octanol–water partition coefficient (Wildman–Crippen LogP) is 0.601. The molecule has 0 aliphatic rings. The monoisotopic (exact) mass is 284 g/mol. The normalized spacial score (nSPS) is 13.8. The minimum Gasteiger partial charge on any atom is -0.348 e. The minimum absolute atomic E-state index is 0.0228. The van der Waals surface area contributed by atoms with E-state index >= 15 is 0 Å². The smallest absolute Gasteiger partial charge is 0.237 e. The lowest BCUT2D eigenvalue weighted by Gasteiger charge is -2.23. The molecule has 0 bridgehead atoms. The average Bonchev–Trinajstić information content (AvgIpc) is 2.23. The topological polar surface area (TPSA) is 57.7 Å². The molecule has 0 aliphatic heterocycles. The van der Waals surface area contributed by atoms with E-state index in [0.717, 1.165) is 0 Å². The Morgan fingerprint density at radius 1 is 1.35 bits per heavy atom. The van der Waals surface area contributed by atoms with E-state index < -0.39 is 10.0 Å². The van der Waals surface area contributed by atoms with Crippen molar-refractivity contribution in [2.75, 3.05) is 38.8 Å². The lowest BCUT2D eigenvalue weighted by molar-refractivity contribution is -0.128. The van der Waals surface area contributed by atoms with Crippen molar-refractivity contribution in [3.63, 3.8) is 0 Å². The van der Waals surface area contributed by atoms with Gasteiger partial charge in [-0.25, -0.2) is 8.42 Å². The zero-order chi connectivity index (χ0) is 13.6. The molecule has 0 heterocycles. The average molecular weight is 285 g/mol. The first-order valence-electron chi connectivity index (χ1n) is 5.48. The summed E-state index contributed by atoms with van der Waals surface area (Å²) in [5.74, 6) is -0.0807. The van der Waals surface area contributed by atoms with Gasteiger partial charge in [-0.2, -0.15) is 4.31 Å². The van der Waals surface area contributed by atoms with E-state index in [9.17, 15) is 13.2 Å². The second-order valence-electron chi connectivity index (χ2n) is 4.25. The fraction of sp³-hybridized carbons (Fsp3) is 0.900. The van der Waals surface area contributed by atoms with Crippen LogP contribution in [0, 0.1) is 5.92 Å². The fourth-order valence-corrected chi connectivity index (χ4v) is 3.20. The van der Waals surface area contributed by atoms with Crippen LogP contribution in [0.1, 0.15) is 13.8 Å². The van der Waals surface area contributed by atoms with Crippen molar-refractivity contribution in [3.05, 3.63) is 0 Å². The largest absolute Gasteiger partial charge is 0.348 e. The highest BCUT2D eigenvalue weighted by molar-refractivity contribution is 7.89. The molecule has 0 radical (unpaired) electrons. The van der Waals surface area contributed by atoms with E-state index in [0.29, 0.717) is 5.88 Å². The van der Waals surface area contributed by atoms with Crippen molar-refractivity contribution in [1.29, 1.82) is 0 Å². The number of rotatable bonds is 7. The lowest BCUT2D eigenvalue weighted by Crippen LogP contribution is -2.42. The van der Waals surface area contributed by atoms with Crippen molar-refractivity contribution < 1.29 is 13.2 Å². The molecule has 5 nitrogen and oxygen atoms in total. The van der Waals surface area contributed by atoms with Gasteiger partial charge in [0.15, 0.2) is 0 Å². The van der Waals surface area contributed by atoms with Crippen LogP contribution in [0.15, 0.2) is 0 Å². The van der Waals surface area contributed by atoms with Gasteiger partial charge in [-0.1, -0.05) is 13.8 Å². The van der Waals surface area contributed by atoms with Crippen molar-refractivity contribution in [2.24, 2.45) is 5.92 Å². The molecule has 7 heteroatoms. The molecular formula is C10H21ClN2O3S. The molecule has 1 amide bonds. The summed E-state index contributed by atoms with van der Waals surface area (Å²) in [6.07, 6.45) is 0. The second kappa shape index (κ2) is 7.18. The Hall–Kier alpha value is -0.330. The lowest BCUT2D eigenvalue weighted by atomic mass is 10.3. The number of carbonyl (C=O) groups is 1. The maximum atomic E-state index is 12.0. The van der Waals surface area contributed by atoms with Crippen LogP contribution in [-0.2, 0) is 14.8 Å². The van der Waals surface area contributed by atoms with Gasteiger partial charge in [-0.3, -0.25) is 4.79 Å². The maximum absolute atomic E-state index is 12.0. The van der Waals surface area contributed by atoms with Gasteiger partial charge in [0.25, 0.3) is 0 Å². The first-order valence-corrected chi connectivity index (χ1v) is 7.62. The summed E-state index contributed by atoms with van der Waals surface area (Å²) in [7, 11) is -0.208. The van der Waals surface area contributed by atoms with Gasteiger partial charge in [0, 0.05) is 26.5 Å². The van der Waals surface area contributed by atoms with Gasteiger partial charge in [0.1, 0.15) is 0 Å². The van der Waals surface area contributed by atoms with Crippen LogP contribution in [0.25, 0.3) is 0 Å². The Labute approximate surface area is 109 Å². The number of nitrogens with zero attached hydrogens (tertiary/aromatic N) is 2. The van der Waals surface area contributed by atoms with Gasteiger partial charge in [0.05, 0.1) is 12.3 Å². The molecular weight excluding hydrogens is 264 g/mol. The van der Waals surface area contributed by atoms with E-state index in [-0.39, 0.29) is 30.7 Å². The van der Waals surface area contributed by atoms with Gasteiger partial charge in [0.2, 0.25) is 15.9 Å². The molecule has 102 valence electrons. The quantitative estimate of drug-likeness (QED) is 0.644.